The van der Waals surface area contributed by atoms with Crippen molar-refractivity contribution in [2.45, 2.75) is 119 Å². The molecule has 0 spiro atoms. The van der Waals surface area contributed by atoms with Gasteiger partial charge < -0.3 is 24.8 Å². The molecule has 2 bridgehead atoms. The minimum Gasteiger partial charge on any atom is -0.492 e. The Kier molecular flexibility index (Phi) is 9.79. The fourth-order valence-corrected chi connectivity index (χ4v) is 9.88. The average molecular weight is 696 g/mol. The van der Waals surface area contributed by atoms with Crippen LogP contribution in [0.2, 0.25) is 5.02 Å². The zero-order valence-corrected chi connectivity index (χ0v) is 29.1. The van der Waals surface area contributed by atoms with Crippen molar-refractivity contribution in [2.75, 3.05) is 13.2 Å². The Morgan fingerprint density at radius 1 is 0.875 bits per heavy atom. The highest BCUT2D eigenvalue weighted by molar-refractivity contribution is 7.89. The monoisotopic (exact) mass is 695 g/mol. The fourth-order valence-electron chi connectivity index (χ4n) is 8.05. The zero-order chi connectivity index (χ0) is 33.4. The molecule has 0 radical (unpaired) electrons. The van der Waals surface area contributed by atoms with E-state index in [1.54, 1.807) is 30.3 Å². The lowest BCUT2D eigenvalue weighted by atomic mass is 9.97. The van der Waals surface area contributed by atoms with E-state index in [1.807, 2.05) is 29.2 Å². The van der Waals surface area contributed by atoms with Gasteiger partial charge in [0, 0.05) is 30.6 Å². The van der Waals surface area contributed by atoms with E-state index in [0.29, 0.717) is 23.1 Å². The van der Waals surface area contributed by atoms with Gasteiger partial charge in [-0.05, 0) is 105 Å². The Morgan fingerprint density at radius 2 is 1.54 bits per heavy atom. The molecule has 3 saturated heterocycles. The Balaban J connectivity index is 1.15. The molecule has 3 heterocycles. The van der Waals surface area contributed by atoms with Crippen LogP contribution in [-0.2, 0) is 14.8 Å². The van der Waals surface area contributed by atoms with Crippen LogP contribution in [0.5, 0.6) is 17.2 Å². The van der Waals surface area contributed by atoms with Crippen molar-refractivity contribution >= 4 is 38.3 Å². The van der Waals surface area contributed by atoms with Crippen molar-refractivity contribution in [1.29, 1.82) is 0 Å². The number of piperidine rings is 1. The molecule has 3 aromatic carbocycles. The molecule has 3 aromatic rings. The molecule has 0 aromatic heterocycles. The summed E-state index contributed by atoms with van der Waals surface area (Å²) in [6.07, 6.45) is 9.59. The lowest BCUT2D eigenvalue weighted by Gasteiger charge is -2.40. The van der Waals surface area contributed by atoms with Crippen LogP contribution < -0.4 is 19.9 Å². The number of hydrogen-bond donors (Lipinski definition) is 1. The number of fused-ring (bicyclic) bond motifs is 3. The molecule has 4 fully saturated rings. The number of amides is 1. The number of unbranched alkanes of at least 4 members (excludes halogenated alkanes) is 1. The number of rotatable bonds is 11. The van der Waals surface area contributed by atoms with Gasteiger partial charge in [-0.25, -0.2) is 8.42 Å². The summed E-state index contributed by atoms with van der Waals surface area (Å²) < 4.78 is 48.7. The fraction of sp³-hybridized carbons (Fsp3) is 0.541. The van der Waals surface area contributed by atoms with Gasteiger partial charge in [0.15, 0.2) is 0 Å². The maximum Gasteiger partial charge on any atom is 0.243 e. The van der Waals surface area contributed by atoms with Gasteiger partial charge in [-0.2, -0.15) is 4.31 Å². The van der Waals surface area contributed by atoms with Crippen molar-refractivity contribution in [2.24, 2.45) is 5.73 Å². The highest BCUT2D eigenvalue weighted by Gasteiger charge is 2.51. The Hall–Kier alpha value is -3.05. The smallest absolute Gasteiger partial charge is 0.243 e. The summed E-state index contributed by atoms with van der Waals surface area (Å²) in [5.41, 5.74) is 6.32. The second-order valence-electron chi connectivity index (χ2n) is 13.9. The van der Waals surface area contributed by atoms with Gasteiger partial charge >= 0.3 is 0 Å². The van der Waals surface area contributed by atoms with E-state index in [0.717, 1.165) is 67.9 Å². The first kappa shape index (κ1) is 33.4. The molecule has 4 atom stereocenters. The molecule has 1 aliphatic carbocycles. The summed E-state index contributed by atoms with van der Waals surface area (Å²) in [6.45, 7) is 2.67. The van der Waals surface area contributed by atoms with E-state index in [1.165, 1.54) is 17.1 Å². The van der Waals surface area contributed by atoms with Gasteiger partial charge in [0.1, 0.15) is 29.4 Å². The summed E-state index contributed by atoms with van der Waals surface area (Å²) in [5, 5.41) is 2.18. The largest absolute Gasteiger partial charge is 0.492 e. The number of halogens is 1. The quantitative estimate of drug-likeness (QED) is 0.223. The van der Waals surface area contributed by atoms with Crippen molar-refractivity contribution < 1.29 is 27.4 Å². The molecule has 4 aliphatic rings. The SMILES string of the molecule is CCCCOc1cc(O[C@@H]2C[C@@H](C(=O)N3C4CCC3CC(N)C4)N(S(=O)(=O)c3ccc4cc(OC5CCCC5)ccc4c3)C2)ccc1Cl. The zero-order valence-electron chi connectivity index (χ0n) is 27.6. The summed E-state index contributed by atoms with van der Waals surface area (Å²) in [6, 6.07) is 15.4. The number of sulfonamides is 1. The molecule has 11 heteroatoms. The van der Waals surface area contributed by atoms with E-state index >= 15 is 0 Å². The van der Waals surface area contributed by atoms with Crippen LogP contribution in [0.3, 0.4) is 0 Å². The summed E-state index contributed by atoms with van der Waals surface area (Å²) in [7, 11) is -4.07. The van der Waals surface area contributed by atoms with Crippen molar-refractivity contribution in [3.63, 3.8) is 0 Å². The third-order valence-corrected chi connectivity index (χ3v) is 12.7. The summed E-state index contributed by atoms with van der Waals surface area (Å²) in [5.74, 6) is 1.68. The van der Waals surface area contributed by atoms with Gasteiger partial charge in [-0.1, -0.05) is 37.1 Å². The van der Waals surface area contributed by atoms with E-state index in [9.17, 15) is 13.2 Å². The molecular formula is C37H46ClN3O6S. The lowest BCUT2D eigenvalue weighted by molar-refractivity contribution is -0.139. The molecule has 2 unspecified atom stereocenters. The highest BCUT2D eigenvalue weighted by atomic mass is 35.5. The van der Waals surface area contributed by atoms with Crippen molar-refractivity contribution in [3.8, 4) is 17.2 Å². The number of nitrogens with zero attached hydrogens (tertiary/aromatic N) is 2. The Labute approximate surface area is 288 Å². The van der Waals surface area contributed by atoms with Crippen LogP contribution >= 0.6 is 11.6 Å². The van der Waals surface area contributed by atoms with E-state index < -0.39 is 22.2 Å². The molecule has 1 saturated carbocycles. The van der Waals surface area contributed by atoms with Crippen LogP contribution in [0.1, 0.15) is 77.6 Å². The summed E-state index contributed by atoms with van der Waals surface area (Å²) >= 11 is 6.39. The van der Waals surface area contributed by atoms with Crippen molar-refractivity contribution in [1.82, 2.24) is 9.21 Å². The number of carbonyl (C=O) groups excluding carboxylic acids is 1. The number of benzene rings is 3. The van der Waals surface area contributed by atoms with Crippen molar-refractivity contribution in [3.05, 3.63) is 59.6 Å². The van der Waals surface area contributed by atoms with Gasteiger partial charge in [0.05, 0.1) is 29.2 Å². The molecule has 48 heavy (non-hydrogen) atoms. The van der Waals surface area contributed by atoms with Crippen LogP contribution in [0.25, 0.3) is 10.8 Å². The topological polar surface area (TPSA) is 111 Å². The Morgan fingerprint density at radius 3 is 2.29 bits per heavy atom. The third-order valence-electron chi connectivity index (χ3n) is 10.5. The van der Waals surface area contributed by atoms with Crippen LogP contribution in [0, 0.1) is 0 Å². The highest BCUT2D eigenvalue weighted by Crippen LogP contribution is 2.39. The molecule has 258 valence electrons. The summed E-state index contributed by atoms with van der Waals surface area (Å²) in [4.78, 5) is 16.5. The van der Waals surface area contributed by atoms with Crippen LogP contribution in [0.15, 0.2) is 59.5 Å². The van der Waals surface area contributed by atoms with Crippen LogP contribution in [0.4, 0.5) is 0 Å². The minimum absolute atomic E-state index is 0.0381. The second kappa shape index (κ2) is 14.1. The predicted octanol–water partition coefficient (Wildman–Crippen LogP) is 6.68. The number of hydrogen-bond acceptors (Lipinski definition) is 7. The van der Waals surface area contributed by atoms with Crippen LogP contribution in [-0.4, -0.2) is 73.1 Å². The molecule has 2 N–H and O–H groups in total. The molecule has 7 rings (SSSR count). The molecule has 9 nitrogen and oxygen atoms in total. The molecule has 1 amide bonds. The Bertz CT molecular complexity index is 1730. The number of carbonyl (C=O) groups is 1. The first-order valence-corrected chi connectivity index (χ1v) is 19.4. The van der Waals surface area contributed by atoms with Gasteiger partial charge in [-0.15, -0.1) is 0 Å². The van der Waals surface area contributed by atoms with E-state index in [4.69, 9.17) is 31.5 Å². The maximum atomic E-state index is 14.5. The van der Waals surface area contributed by atoms with E-state index in [-0.39, 0.29) is 48.0 Å². The predicted molar refractivity (Wildman–Crippen MR) is 186 cm³/mol. The first-order valence-electron chi connectivity index (χ1n) is 17.6. The second-order valence-corrected chi connectivity index (χ2v) is 16.2. The molecular weight excluding hydrogens is 650 g/mol. The normalized spacial score (nSPS) is 26.3. The standard InChI is InChI=1S/C37H46ClN3O6S/c1-2-3-16-45-36-22-31(13-15-34(36)38)47-32-21-35(37(42)41-27-10-11-28(41)20-26(39)19-27)40(23-32)48(43,44)33-14-9-24-17-30(12-8-25(24)18-33)46-29-6-4-5-7-29/h8-9,12-15,17-18,22,26-29,32,35H,2-7,10-11,16,19-21,23,39H2,1H3/t26?,27?,28?,32-,35+/m1/s1. The maximum absolute atomic E-state index is 14.5. The first-order chi connectivity index (χ1) is 23.2. The molecule has 3 aliphatic heterocycles. The third kappa shape index (κ3) is 6.86. The van der Waals surface area contributed by atoms with E-state index in [2.05, 4.69) is 6.92 Å². The minimum atomic E-state index is -4.07. The lowest BCUT2D eigenvalue weighted by Crippen LogP contribution is -2.55. The van der Waals surface area contributed by atoms with Gasteiger partial charge in [0.2, 0.25) is 15.9 Å². The van der Waals surface area contributed by atoms with Gasteiger partial charge in [-0.3, -0.25) is 4.79 Å². The average Bonchev–Trinajstić information content (AvgIpc) is 3.81. The van der Waals surface area contributed by atoms with Gasteiger partial charge in [0.25, 0.3) is 0 Å². The number of ether oxygens (including phenoxy) is 3. The number of nitrogens with two attached hydrogens (primary N) is 1.